The number of halogens is 6. The normalized spacial score (nSPS) is 12.3. The molecule has 112 valence electrons. The predicted octanol–water partition coefficient (Wildman–Crippen LogP) is 1.91. The molecule has 0 spiro atoms. The number of nitrogens with one attached hydrogen (secondary N) is 1. The number of amides is 1. The first kappa shape index (κ1) is 16.1. The SMILES string of the molecule is O=C(Cn1ccc(C(=O)C(F)(F)F)c1)NCC(F)(F)F. The lowest BCUT2D eigenvalue weighted by atomic mass is 10.2. The standard InChI is InChI=1S/C10H8F6N2O2/c11-9(12,13)5-17-7(19)4-18-2-1-6(3-18)8(20)10(14,15)16/h1-3H,4-5H2,(H,17,19). The summed E-state index contributed by atoms with van der Waals surface area (Å²) in [4.78, 5) is 21.9. The second-order valence-corrected chi connectivity index (χ2v) is 3.79. The molecule has 0 saturated carbocycles. The maximum absolute atomic E-state index is 12.1. The van der Waals surface area contributed by atoms with Gasteiger partial charge in [0.05, 0.1) is 0 Å². The number of hydrogen-bond acceptors (Lipinski definition) is 2. The number of ketones is 1. The van der Waals surface area contributed by atoms with Crippen LogP contribution in [0.3, 0.4) is 0 Å². The Balaban J connectivity index is 2.61. The number of carbonyl (C=O) groups is 2. The van der Waals surface area contributed by atoms with Crippen LogP contribution in [0.4, 0.5) is 26.3 Å². The molecule has 0 unspecified atom stereocenters. The second-order valence-electron chi connectivity index (χ2n) is 3.79. The Hall–Kier alpha value is -2.00. The van der Waals surface area contributed by atoms with Gasteiger partial charge in [-0.3, -0.25) is 9.59 Å². The van der Waals surface area contributed by atoms with Crippen LogP contribution in [0.2, 0.25) is 0 Å². The highest BCUT2D eigenvalue weighted by Gasteiger charge is 2.39. The van der Waals surface area contributed by atoms with E-state index in [2.05, 4.69) is 0 Å². The van der Waals surface area contributed by atoms with Gasteiger partial charge in [0.25, 0.3) is 5.78 Å². The number of Topliss-reactive ketones (excluding diaryl/α,β-unsaturated/α-hetero) is 1. The van der Waals surface area contributed by atoms with E-state index in [4.69, 9.17) is 0 Å². The molecule has 0 atom stereocenters. The molecule has 0 saturated heterocycles. The first-order valence-corrected chi connectivity index (χ1v) is 5.10. The molecule has 20 heavy (non-hydrogen) atoms. The number of nitrogens with zero attached hydrogens (tertiary/aromatic N) is 1. The molecule has 0 radical (unpaired) electrons. The van der Waals surface area contributed by atoms with E-state index in [1.807, 2.05) is 0 Å². The smallest absolute Gasteiger partial charge is 0.345 e. The Morgan fingerprint density at radius 2 is 1.75 bits per heavy atom. The molecule has 10 heteroatoms. The van der Waals surface area contributed by atoms with E-state index >= 15 is 0 Å². The van der Waals surface area contributed by atoms with Gasteiger partial charge >= 0.3 is 12.4 Å². The zero-order chi connectivity index (χ0) is 15.6. The molecule has 1 aromatic heterocycles. The predicted molar refractivity (Wildman–Crippen MR) is 53.9 cm³/mol. The van der Waals surface area contributed by atoms with Gasteiger partial charge in [-0.05, 0) is 6.07 Å². The molecule has 1 aromatic rings. The van der Waals surface area contributed by atoms with E-state index in [1.165, 1.54) is 0 Å². The lowest BCUT2D eigenvalue weighted by molar-refractivity contribution is -0.138. The summed E-state index contributed by atoms with van der Waals surface area (Å²) < 4.78 is 72.6. The molecule has 1 N–H and O–H groups in total. The molecule has 4 nitrogen and oxygen atoms in total. The Labute approximate surface area is 108 Å². The topological polar surface area (TPSA) is 51.1 Å². The lowest BCUT2D eigenvalue weighted by Crippen LogP contribution is -2.35. The molecule has 0 bridgehead atoms. The molecule has 0 fully saturated rings. The maximum Gasteiger partial charge on any atom is 0.454 e. The number of aromatic nitrogens is 1. The summed E-state index contributed by atoms with van der Waals surface area (Å²) in [5.74, 6) is -3.13. The lowest BCUT2D eigenvalue weighted by Gasteiger charge is -2.08. The van der Waals surface area contributed by atoms with E-state index in [0.717, 1.165) is 23.0 Å². The van der Waals surface area contributed by atoms with E-state index in [1.54, 1.807) is 5.32 Å². The third-order valence-electron chi connectivity index (χ3n) is 2.08. The summed E-state index contributed by atoms with van der Waals surface area (Å²) in [5, 5.41) is 1.55. The van der Waals surface area contributed by atoms with E-state index in [-0.39, 0.29) is 0 Å². The third-order valence-corrected chi connectivity index (χ3v) is 2.08. The van der Waals surface area contributed by atoms with E-state index < -0.39 is 42.7 Å². The van der Waals surface area contributed by atoms with Gasteiger partial charge in [-0.25, -0.2) is 0 Å². The van der Waals surface area contributed by atoms with Crippen LogP contribution in [0.1, 0.15) is 10.4 Å². The summed E-state index contributed by atoms with van der Waals surface area (Å²) in [5.41, 5.74) is -0.693. The summed E-state index contributed by atoms with van der Waals surface area (Å²) >= 11 is 0. The molecule has 0 aromatic carbocycles. The first-order valence-electron chi connectivity index (χ1n) is 5.10. The second kappa shape index (κ2) is 5.55. The molecule has 1 heterocycles. The monoisotopic (exact) mass is 302 g/mol. The van der Waals surface area contributed by atoms with Crippen molar-refractivity contribution in [1.29, 1.82) is 0 Å². The average molecular weight is 302 g/mol. The fraction of sp³-hybridized carbons (Fsp3) is 0.400. The molecule has 0 aliphatic carbocycles. The van der Waals surface area contributed by atoms with Crippen LogP contribution in [0.25, 0.3) is 0 Å². The Morgan fingerprint density at radius 1 is 1.15 bits per heavy atom. The van der Waals surface area contributed by atoms with Crippen molar-refractivity contribution in [2.75, 3.05) is 6.54 Å². The number of hydrogen-bond donors (Lipinski definition) is 1. The zero-order valence-corrected chi connectivity index (χ0v) is 9.68. The van der Waals surface area contributed by atoms with Gasteiger partial charge in [-0.2, -0.15) is 26.3 Å². The van der Waals surface area contributed by atoms with Crippen molar-refractivity contribution in [3.8, 4) is 0 Å². The molecule has 0 aliphatic rings. The van der Waals surface area contributed by atoms with E-state index in [0.29, 0.717) is 0 Å². The van der Waals surface area contributed by atoms with Crippen molar-refractivity contribution in [2.24, 2.45) is 0 Å². The minimum Gasteiger partial charge on any atom is -0.345 e. The van der Waals surface area contributed by atoms with Crippen molar-refractivity contribution in [3.05, 3.63) is 24.0 Å². The third kappa shape index (κ3) is 4.94. The highest BCUT2D eigenvalue weighted by molar-refractivity contribution is 6.00. The van der Waals surface area contributed by atoms with Crippen molar-refractivity contribution >= 4 is 11.7 Å². The number of alkyl halides is 6. The number of carbonyl (C=O) groups excluding carboxylic acids is 2. The van der Waals surface area contributed by atoms with E-state index in [9.17, 15) is 35.9 Å². The van der Waals surface area contributed by atoms with Crippen LogP contribution in [0, 0.1) is 0 Å². The molecule has 0 aliphatic heterocycles. The average Bonchev–Trinajstić information content (AvgIpc) is 2.71. The molecular weight excluding hydrogens is 294 g/mol. The first-order chi connectivity index (χ1) is 8.99. The summed E-state index contributed by atoms with van der Waals surface area (Å²) in [6.45, 7) is -2.16. The van der Waals surface area contributed by atoms with Crippen LogP contribution in [0.15, 0.2) is 18.5 Å². The van der Waals surface area contributed by atoms with Crippen molar-refractivity contribution < 1.29 is 35.9 Å². The Kier molecular flexibility index (Phi) is 4.46. The fourth-order valence-electron chi connectivity index (χ4n) is 1.26. The minimum atomic E-state index is -5.05. The van der Waals surface area contributed by atoms with Crippen LogP contribution >= 0.6 is 0 Å². The largest absolute Gasteiger partial charge is 0.454 e. The summed E-state index contributed by atoms with van der Waals surface area (Å²) in [6.07, 6.45) is -7.90. The van der Waals surface area contributed by atoms with Crippen LogP contribution in [-0.2, 0) is 11.3 Å². The fourth-order valence-corrected chi connectivity index (χ4v) is 1.26. The van der Waals surface area contributed by atoms with Crippen molar-refractivity contribution in [2.45, 2.75) is 18.9 Å². The zero-order valence-electron chi connectivity index (χ0n) is 9.68. The molecule has 1 amide bonds. The van der Waals surface area contributed by atoms with Gasteiger partial charge in [0, 0.05) is 18.0 Å². The van der Waals surface area contributed by atoms with Crippen LogP contribution in [-0.4, -0.2) is 35.2 Å². The number of rotatable bonds is 4. The summed E-state index contributed by atoms with van der Waals surface area (Å²) in [7, 11) is 0. The highest BCUT2D eigenvalue weighted by atomic mass is 19.4. The summed E-state index contributed by atoms with van der Waals surface area (Å²) in [6, 6.07) is 0.826. The van der Waals surface area contributed by atoms with Gasteiger partial charge in [0.2, 0.25) is 5.91 Å². The van der Waals surface area contributed by atoms with Crippen molar-refractivity contribution in [1.82, 2.24) is 9.88 Å². The van der Waals surface area contributed by atoms with Gasteiger partial charge in [-0.15, -0.1) is 0 Å². The van der Waals surface area contributed by atoms with Gasteiger partial charge in [0.15, 0.2) is 0 Å². The Morgan fingerprint density at radius 3 is 2.25 bits per heavy atom. The quantitative estimate of drug-likeness (QED) is 0.682. The Bertz CT molecular complexity index is 503. The van der Waals surface area contributed by atoms with Gasteiger partial charge in [-0.1, -0.05) is 0 Å². The highest BCUT2D eigenvalue weighted by Crippen LogP contribution is 2.21. The molecular formula is C10H8F6N2O2. The maximum atomic E-state index is 12.1. The molecule has 1 rings (SSSR count). The van der Waals surface area contributed by atoms with Gasteiger partial charge in [0.1, 0.15) is 13.1 Å². The van der Waals surface area contributed by atoms with Gasteiger partial charge < -0.3 is 9.88 Å². The van der Waals surface area contributed by atoms with Crippen molar-refractivity contribution in [3.63, 3.8) is 0 Å². The minimum absolute atomic E-state index is 0.624. The van der Waals surface area contributed by atoms with Crippen LogP contribution in [0.5, 0.6) is 0 Å². The van der Waals surface area contributed by atoms with Crippen LogP contribution < -0.4 is 5.32 Å².